The molecular weight excluding hydrogens is 172 g/mol. The van der Waals surface area contributed by atoms with Crippen molar-refractivity contribution in [1.29, 1.82) is 0 Å². The zero-order chi connectivity index (χ0) is 9.40. The Balaban J connectivity index is 4.11. The predicted molar refractivity (Wildman–Crippen MR) is 51.8 cm³/mol. The molecule has 0 atom stereocenters. The summed E-state index contributed by atoms with van der Waals surface area (Å²) >= 11 is 0. The first-order valence-electron chi connectivity index (χ1n) is 4.35. The summed E-state index contributed by atoms with van der Waals surface area (Å²) in [5.74, 6) is 0.563. The Morgan fingerprint density at radius 1 is 0.917 bits per heavy atom. The van der Waals surface area contributed by atoms with Gasteiger partial charge in [0.15, 0.2) is 0 Å². The highest BCUT2D eigenvalue weighted by molar-refractivity contribution is 6.20. The van der Waals surface area contributed by atoms with Crippen molar-refractivity contribution in [2.75, 3.05) is 19.8 Å². The summed E-state index contributed by atoms with van der Waals surface area (Å²) < 4.78 is 15.8. The van der Waals surface area contributed by atoms with Gasteiger partial charge >= 0.3 is 5.95 Å². The van der Waals surface area contributed by atoms with Gasteiger partial charge in [0.25, 0.3) is 0 Å². The molecule has 0 rings (SSSR count). The van der Waals surface area contributed by atoms with Crippen molar-refractivity contribution in [2.45, 2.75) is 20.8 Å². The Morgan fingerprint density at radius 3 is 1.67 bits per heavy atom. The Labute approximate surface area is 77.1 Å². The molecule has 0 aliphatic heterocycles. The van der Waals surface area contributed by atoms with Gasteiger partial charge in [-0.05, 0) is 20.8 Å². The summed E-state index contributed by atoms with van der Waals surface area (Å²) in [4.78, 5) is 0. The fourth-order valence-corrected chi connectivity index (χ4v) is 1.36. The SMILES string of the molecule is CCOC([SiH3])=C(OCC)OCC. The van der Waals surface area contributed by atoms with Crippen LogP contribution in [0.5, 0.6) is 0 Å². The Morgan fingerprint density at radius 2 is 1.33 bits per heavy atom. The quantitative estimate of drug-likeness (QED) is 0.453. The maximum absolute atomic E-state index is 5.30. The molecule has 72 valence electrons. The molecule has 0 aromatic carbocycles. The van der Waals surface area contributed by atoms with Gasteiger partial charge in [0.1, 0.15) is 5.38 Å². The minimum Gasteiger partial charge on any atom is -0.497 e. The van der Waals surface area contributed by atoms with Crippen LogP contribution in [0.2, 0.25) is 0 Å². The van der Waals surface area contributed by atoms with Gasteiger partial charge in [-0.1, -0.05) is 0 Å². The van der Waals surface area contributed by atoms with E-state index in [4.69, 9.17) is 14.2 Å². The number of rotatable bonds is 6. The van der Waals surface area contributed by atoms with Crippen LogP contribution in [0.4, 0.5) is 0 Å². The first-order chi connectivity index (χ1) is 5.76. The van der Waals surface area contributed by atoms with E-state index in [1.54, 1.807) is 0 Å². The van der Waals surface area contributed by atoms with Gasteiger partial charge in [0, 0.05) is 0 Å². The molecule has 0 spiro atoms. The molecule has 0 aliphatic rings. The molecule has 0 saturated carbocycles. The maximum atomic E-state index is 5.30. The minimum absolute atomic E-state index is 0.563. The average molecular weight is 190 g/mol. The Kier molecular flexibility index (Phi) is 6.65. The van der Waals surface area contributed by atoms with Crippen LogP contribution < -0.4 is 0 Å². The fourth-order valence-electron chi connectivity index (χ4n) is 0.783. The summed E-state index contributed by atoms with van der Waals surface area (Å²) in [5.41, 5.74) is 0. The van der Waals surface area contributed by atoms with Crippen LogP contribution in [0.3, 0.4) is 0 Å². The molecule has 0 aliphatic carbocycles. The zero-order valence-electron chi connectivity index (χ0n) is 8.35. The molecule has 3 nitrogen and oxygen atoms in total. The monoisotopic (exact) mass is 190 g/mol. The molecule has 12 heavy (non-hydrogen) atoms. The molecule has 0 radical (unpaired) electrons. The number of hydrogen-bond acceptors (Lipinski definition) is 3. The third-order valence-corrected chi connectivity index (χ3v) is 1.90. The topological polar surface area (TPSA) is 27.7 Å². The van der Waals surface area contributed by atoms with Crippen LogP contribution >= 0.6 is 0 Å². The molecule has 0 aromatic heterocycles. The van der Waals surface area contributed by atoms with Crippen molar-refractivity contribution in [3.63, 3.8) is 0 Å². The lowest BCUT2D eigenvalue weighted by molar-refractivity contribution is 0.0288. The summed E-state index contributed by atoms with van der Waals surface area (Å²) in [6.45, 7) is 7.72. The predicted octanol–water partition coefficient (Wildman–Crippen LogP) is 0.588. The largest absolute Gasteiger partial charge is 0.497 e. The smallest absolute Gasteiger partial charge is 0.312 e. The van der Waals surface area contributed by atoms with Crippen LogP contribution in [-0.2, 0) is 14.2 Å². The molecule has 0 aromatic rings. The Bertz CT molecular complexity index is 137. The van der Waals surface area contributed by atoms with E-state index in [0.717, 1.165) is 15.6 Å². The third kappa shape index (κ3) is 4.28. The van der Waals surface area contributed by atoms with Crippen LogP contribution in [-0.4, -0.2) is 30.1 Å². The van der Waals surface area contributed by atoms with Crippen molar-refractivity contribution in [3.05, 3.63) is 11.3 Å². The van der Waals surface area contributed by atoms with Crippen LogP contribution in [0.1, 0.15) is 20.8 Å². The van der Waals surface area contributed by atoms with Crippen molar-refractivity contribution >= 4 is 10.2 Å². The molecule has 0 saturated heterocycles. The molecule has 0 amide bonds. The lowest BCUT2D eigenvalue weighted by Gasteiger charge is -2.12. The maximum Gasteiger partial charge on any atom is 0.312 e. The highest BCUT2D eigenvalue weighted by Gasteiger charge is 2.03. The van der Waals surface area contributed by atoms with E-state index in [-0.39, 0.29) is 0 Å². The second kappa shape index (κ2) is 7.03. The molecule has 0 heterocycles. The lowest BCUT2D eigenvalue weighted by Crippen LogP contribution is -2.05. The van der Waals surface area contributed by atoms with E-state index in [2.05, 4.69) is 0 Å². The summed E-state index contributed by atoms with van der Waals surface area (Å²) in [6.07, 6.45) is 0. The molecule has 4 heteroatoms. The highest BCUT2D eigenvalue weighted by atomic mass is 28.1. The molecule has 0 unspecified atom stereocenters. The third-order valence-electron chi connectivity index (χ3n) is 1.20. The van der Waals surface area contributed by atoms with Gasteiger partial charge in [-0.25, -0.2) is 0 Å². The van der Waals surface area contributed by atoms with Crippen molar-refractivity contribution in [1.82, 2.24) is 0 Å². The van der Waals surface area contributed by atoms with Crippen molar-refractivity contribution in [3.8, 4) is 0 Å². The van der Waals surface area contributed by atoms with E-state index in [1.165, 1.54) is 0 Å². The normalized spacial score (nSPS) is 9.25. The number of hydrogen-bond donors (Lipinski definition) is 0. The minimum atomic E-state index is 0.563. The second-order valence-corrected chi connectivity index (χ2v) is 3.05. The molecule has 0 bridgehead atoms. The van der Waals surface area contributed by atoms with Gasteiger partial charge in [-0.3, -0.25) is 0 Å². The van der Waals surface area contributed by atoms with E-state index in [9.17, 15) is 0 Å². The van der Waals surface area contributed by atoms with Crippen LogP contribution in [0.25, 0.3) is 0 Å². The zero-order valence-corrected chi connectivity index (χ0v) is 10.3. The molecular formula is C8H18O3Si. The summed E-state index contributed by atoms with van der Waals surface area (Å²) in [6, 6.07) is 0. The van der Waals surface area contributed by atoms with Gasteiger partial charge < -0.3 is 14.2 Å². The highest BCUT2D eigenvalue weighted by Crippen LogP contribution is 2.06. The first kappa shape index (κ1) is 11.4. The van der Waals surface area contributed by atoms with Crippen molar-refractivity contribution in [2.24, 2.45) is 0 Å². The molecule has 0 N–H and O–H groups in total. The van der Waals surface area contributed by atoms with Crippen LogP contribution in [0.15, 0.2) is 11.3 Å². The van der Waals surface area contributed by atoms with Crippen molar-refractivity contribution < 1.29 is 14.2 Å². The van der Waals surface area contributed by atoms with E-state index < -0.39 is 0 Å². The second-order valence-electron chi connectivity index (χ2n) is 2.14. The van der Waals surface area contributed by atoms with E-state index in [1.807, 2.05) is 20.8 Å². The van der Waals surface area contributed by atoms with Gasteiger partial charge in [-0.2, -0.15) is 0 Å². The standard InChI is InChI=1S/C8H18O3Si/c1-4-9-7(10-5-2)8(12)11-6-3/h4-6H2,1-3,12H3. The van der Waals surface area contributed by atoms with E-state index >= 15 is 0 Å². The van der Waals surface area contributed by atoms with Crippen LogP contribution in [0, 0.1) is 0 Å². The fraction of sp³-hybridized carbons (Fsp3) is 0.750. The number of ether oxygens (including phenoxy) is 3. The lowest BCUT2D eigenvalue weighted by atomic mass is 10.8. The molecule has 0 fully saturated rings. The Hall–Kier alpha value is -0.643. The van der Waals surface area contributed by atoms with Gasteiger partial charge in [0.2, 0.25) is 0 Å². The first-order valence-corrected chi connectivity index (χ1v) is 5.35. The van der Waals surface area contributed by atoms with Gasteiger partial charge in [0.05, 0.1) is 30.1 Å². The summed E-state index contributed by atoms with van der Waals surface area (Å²) in [7, 11) is 0.818. The van der Waals surface area contributed by atoms with E-state index in [0.29, 0.717) is 25.8 Å². The van der Waals surface area contributed by atoms with Gasteiger partial charge in [-0.15, -0.1) is 0 Å². The average Bonchev–Trinajstić information content (AvgIpc) is 2.04. The summed E-state index contributed by atoms with van der Waals surface area (Å²) in [5, 5.41) is 0.848.